The molecule has 0 bridgehead atoms. The van der Waals surface area contributed by atoms with Crippen molar-refractivity contribution in [2.75, 3.05) is 26.2 Å². The molecule has 1 amide bonds. The molecule has 0 N–H and O–H groups in total. The zero-order valence-corrected chi connectivity index (χ0v) is 17.4. The molecule has 2 unspecified atom stereocenters. The highest BCUT2D eigenvalue weighted by atomic mass is 19.1. The van der Waals surface area contributed by atoms with Crippen LogP contribution in [0.5, 0.6) is 0 Å². The molecule has 28 heavy (non-hydrogen) atoms. The molecule has 2 atom stereocenters. The average Bonchev–Trinajstić information content (AvgIpc) is 3.20. The number of likely N-dealkylation sites (tertiary alicyclic amines) is 1. The highest BCUT2D eigenvalue weighted by molar-refractivity contribution is 5.73. The predicted molar refractivity (Wildman–Crippen MR) is 110 cm³/mol. The maximum Gasteiger partial charge on any atom is 0.219 e. The standard InChI is InChI=1S/C23H32FN3O/c1-17(2)12-27(18(3)28)14-20-13-26(15-22-9-6-10-25(22)4)16-23(20)19-7-5-8-21(24)11-19/h5-11,17,20,23H,12-16H2,1-4H3. The van der Waals surface area contributed by atoms with Gasteiger partial charge in [0.05, 0.1) is 0 Å². The number of nitrogens with zero attached hydrogens (tertiary/aromatic N) is 3. The van der Waals surface area contributed by atoms with Crippen LogP contribution in [0.15, 0.2) is 42.6 Å². The topological polar surface area (TPSA) is 28.5 Å². The summed E-state index contributed by atoms with van der Waals surface area (Å²) in [6, 6.07) is 11.2. The second-order valence-electron chi connectivity index (χ2n) is 8.54. The SMILES string of the molecule is CC(=O)N(CC(C)C)CC1CN(Cc2cccn2C)CC1c1cccc(F)c1. The molecule has 1 saturated heterocycles. The lowest BCUT2D eigenvalue weighted by Crippen LogP contribution is -2.38. The van der Waals surface area contributed by atoms with Crippen LogP contribution in [0, 0.1) is 17.7 Å². The molecule has 152 valence electrons. The summed E-state index contributed by atoms with van der Waals surface area (Å²) in [7, 11) is 2.06. The van der Waals surface area contributed by atoms with Crippen molar-refractivity contribution in [2.45, 2.75) is 33.2 Å². The smallest absolute Gasteiger partial charge is 0.219 e. The van der Waals surface area contributed by atoms with E-state index in [1.165, 1.54) is 11.8 Å². The van der Waals surface area contributed by atoms with Gasteiger partial charge in [0.25, 0.3) is 0 Å². The highest BCUT2D eigenvalue weighted by Crippen LogP contribution is 2.34. The minimum atomic E-state index is -0.192. The van der Waals surface area contributed by atoms with Crippen LogP contribution >= 0.6 is 0 Å². The third-order valence-corrected chi connectivity index (χ3v) is 5.72. The quantitative estimate of drug-likeness (QED) is 0.724. The Morgan fingerprint density at radius 2 is 2.04 bits per heavy atom. The summed E-state index contributed by atoms with van der Waals surface area (Å²) < 4.78 is 16.0. The van der Waals surface area contributed by atoms with Crippen LogP contribution in [0.2, 0.25) is 0 Å². The molecule has 0 radical (unpaired) electrons. The number of aromatic nitrogens is 1. The van der Waals surface area contributed by atoms with E-state index in [4.69, 9.17) is 0 Å². The summed E-state index contributed by atoms with van der Waals surface area (Å²) in [6.45, 7) is 10.1. The number of benzene rings is 1. The molecule has 0 spiro atoms. The van der Waals surface area contributed by atoms with E-state index in [1.807, 2.05) is 11.0 Å². The van der Waals surface area contributed by atoms with Crippen molar-refractivity contribution >= 4 is 5.91 Å². The van der Waals surface area contributed by atoms with E-state index in [2.05, 4.69) is 48.7 Å². The van der Waals surface area contributed by atoms with Gasteiger partial charge in [-0.2, -0.15) is 0 Å². The van der Waals surface area contributed by atoms with Crippen molar-refractivity contribution in [1.82, 2.24) is 14.4 Å². The normalized spacial score (nSPS) is 20.1. The van der Waals surface area contributed by atoms with Crippen molar-refractivity contribution < 1.29 is 9.18 Å². The Morgan fingerprint density at radius 1 is 1.25 bits per heavy atom. The van der Waals surface area contributed by atoms with Gasteiger partial charge in [-0.25, -0.2) is 4.39 Å². The number of hydrogen-bond donors (Lipinski definition) is 0. The van der Waals surface area contributed by atoms with Gasteiger partial charge in [-0.3, -0.25) is 9.69 Å². The summed E-state index contributed by atoms with van der Waals surface area (Å²) >= 11 is 0. The predicted octanol–water partition coefficient (Wildman–Crippen LogP) is 3.88. The van der Waals surface area contributed by atoms with Crippen LogP contribution in [0.25, 0.3) is 0 Å². The number of hydrogen-bond acceptors (Lipinski definition) is 2. The Kier molecular flexibility index (Phi) is 6.55. The molecule has 1 fully saturated rings. The van der Waals surface area contributed by atoms with Gasteiger partial charge in [-0.1, -0.05) is 26.0 Å². The minimum absolute atomic E-state index is 0.118. The Bertz CT molecular complexity index is 801. The van der Waals surface area contributed by atoms with Gasteiger partial charge in [0.15, 0.2) is 0 Å². The average molecular weight is 386 g/mol. The van der Waals surface area contributed by atoms with Crippen LogP contribution in [0.1, 0.15) is 37.9 Å². The third-order valence-electron chi connectivity index (χ3n) is 5.72. The number of amides is 1. The molecule has 0 saturated carbocycles. The molecule has 4 nitrogen and oxygen atoms in total. The van der Waals surface area contributed by atoms with Gasteiger partial charge in [-0.15, -0.1) is 0 Å². The summed E-state index contributed by atoms with van der Waals surface area (Å²) in [5.41, 5.74) is 2.30. The molecule has 1 aromatic carbocycles. The maximum absolute atomic E-state index is 13.9. The number of rotatable bonds is 7. The van der Waals surface area contributed by atoms with Crippen LogP contribution < -0.4 is 0 Å². The fraction of sp³-hybridized carbons (Fsp3) is 0.522. The van der Waals surface area contributed by atoms with Gasteiger partial charge in [0, 0.05) is 64.5 Å². The van der Waals surface area contributed by atoms with Crippen LogP contribution in [0.4, 0.5) is 4.39 Å². The van der Waals surface area contributed by atoms with Crippen molar-refractivity contribution in [3.8, 4) is 0 Å². The van der Waals surface area contributed by atoms with Gasteiger partial charge < -0.3 is 9.47 Å². The highest BCUT2D eigenvalue weighted by Gasteiger charge is 2.35. The monoisotopic (exact) mass is 385 g/mol. The maximum atomic E-state index is 13.9. The summed E-state index contributed by atoms with van der Waals surface area (Å²) in [5.74, 6) is 0.877. The van der Waals surface area contributed by atoms with E-state index in [0.29, 0.717) is 11.8 Å². The number of carbonyl (C=O) groups excluding carboxylic acids is 1. The van der Waals surface area contributed by atoms with E-state index in [1.54, 1.807) is 19.1 Å². The molecule has 1 aliphatic heterocycles. The Hall–Kier alpha value is -2.14. The Balaban J connectivity index is 1.80. The van der Waals surface area contributed by atoms with Crippen molar-refractivity contribution in [3.05, 3.63) is 59.7 Å². The van der Waals surface area contributed by atoms with Gasteiger partial charge in [0.1, 0.15) is 5.82 Å². The zero-order chi connectivity index (χ0) is 20.3. The third kappa shape index (κ3) is 5.02. The van der Waals surface area contributed by atoms with Crippen LogP contribution in [-0.2, 0) is 18.4 Å². The Labute approximate surface area is 167 Å². The molecular formula is C23H32FN3O. The summed E-state index contributed by atoms with van der Waals surface area (Å²) in [6.07, 6.45) is 2.06. The second-order valence-corrected chi connectivity index (χ2v) is 8.54. The van der Waals surface area contributed by atoms with E-state index in [-0.39, 0.29) is 17.6 Å². The van der Waals surface area contributed by atoms with E-state index in [0.717, 1.165) is 38.3 Å². The number of halogens is 1. The molecule has 5 heteroatoms. The molecule has 2 aromatic rings. The van der Waals surface area contributed by atoms with Gasteiger partial charge >= 0.3 is 0 Å². The summed E-state index contributed by atoms with van der Waals surface area (Å²) in [4.78, 5) is 16.6. The van der Waals surface area contributed by atoms with Crippen molar-refractivity contribution in [2.24, 2.45) is 18.9 Å². The number of carbonyl (C=O) groups is 1. The molecule has 3 rings (SSSR count). The van der Waals surface area contributed by atoms with Crippen LogP contribution in [0.3, 0.4) is 0 Å². The van der Waals surface area contributed by atoms with Crippen molar-refractivity contribution in [1.29, 1.82) is 0 Å². The molecule has 0 aliphatic carbocycles. The first kappa shape index (κ1) is 20.6. The minimum Gasteiger partial charge on any atom is -0.353 e. The summed E-state index contributed by atoms with van der Waals surface area (Å²) in [5, 5.41) is 0. The molecular weight excluding hydrogens is 353 g/mol. The lowest BCUT2D eigenvalue weighted by molar-refractivity contribution is -0.130. The molecule has 1 aromatic heterocycles. The Morgan fingerprint density at radius 3 is 2.64 bits per heavy atom. The van der Waals surface area contributed by atoms with Gasteiger partial charge in [-0.05, 0) is 41.7 Å². The largest absolute Gasteiger partial charge is 0.353 e. The fourth-order valence-electron chi connectivity index (χ4n) is 4.33. The van der Waals surface area contributed by atoms with Gasteiger partial charge in [0.2, 0.25) is 5.91 Å². The van der Waals surface area contributed by atoms with E-state index >= 15 is 0 Å². The fourth-order valence-corrected chi connectivity index (χ4v) is 4.33. The first-order valence-corrected chi connectivity index (χ1v) is 10.2. The first-order valence-electron chi connectivity index (χ1n) is 10.2. The van der Waals surface area contributed by atoms with Crippen LogP contribution in [-0.4, -0.2) is 46.5 Å². The van der Waals surface area contributed by atoms with E-state index in [9.17, 15) is 9.18 Å². The van der Waals surface area contributed by atoms with E-state index < -0.39 is 0 Å². The number of aryl methyl sites for hydroxylation is 1. The lowest BCUT2D eigenvalue weighted by atomic mass is 9.88. The van der Waals surface area contributed by atoms with Crippen molar-refractivity contribution in [3.63, 3.8) is 0 Å². The molecule has 1 aliphatic rings. The first-order chi connectivity index (χ1) is 13.3. The zero-order valence-electron chi connectivity index (χ0n) is 17.4. The lowest BCUT2D eigenvalue weighted by Gasteiger charge is -2.29. The molecule has 2 heterocycles. The second kappa shape index (κ2) is 8.91.